The summed E-state index contributed by atoms with van der Waals surface area (Å²) in [6.45, 7) is 6.29. The van der Waals surface area contributed by atoms with E-state index in [0.29, 0.717) is 34.3 Å². The molecule has 0 saturated heterocycles. The summed E-state index contributed by atoms with van der Waals surface area (Å²) >= 11 is 2.80. The van der Waals surface area contributed by atoms with Crippen LogP contribution in [0.15, 0.2) is 108 Å². The fourth-order valence-corrected chi connectivity index (χ4v) is 6.22. The van der Waals surface area contributed by atoms with E-state index in [1.807, 2.05) is 63.2 Å². The van der Waals surface area contributed by atoms with Crippen molar-refractivity contribution in [3.63, 3.8) is 0 Å². The molecule has 5 aromatic rings. The molecule has 0 spiro atoms. The second-order valence-corrected chi connectivity index (χ2v) is 12.5. The number of rotatable bonds is 11. The smallest absolute Gasteiger partial charge is 0.272 e. The zero-order valence-corrected chi connectivity index (χ0v) is 26.6. The summed E-state index contributed by atoms with van der Waals surface area (Å²) in [6.07, 6.45) is 1.61. The van der Waals surface area contributed by atoms with Crippen molar-refractivity contribution >= 4 is 67.9 Å². The number of thiazole rings is 1. The van der Waals surface area contributed by atoms with Crippen molar-refractivity contribution in [3.8, 4) is 5.75 Å². The van der Waals surface area contributed by atoms with Gasteiger partial charge in [0.1, 0.15) is 11.4 Å². The summed E-state index contributed by atoms with van der Waals surface area (Å²) in [5.74, 6) is -0.363. The Morgan fingerprint density at radius 1 is 0.933 bits per heavy atom. The molecule has 45 heavy (non-hydrogen) atoms. The molecule has 1 aromatic heterocycles. The van der Waals surface area contributed by atoms with E-state index >= 15 is 0 Å². The number of hydrogen-bond acceptors (Lipinski definition) is 7. The van der Waals surface area contributed by atoms with Crippen molar-refractivity contribution in [2.45, 2.75) is 30.9 Å². The molecular weight excluding hydrogens is 605 g/mol. The molecule has 3 N–H and O–H groups in total. The minimum absolute atomic E-state index is 0.0739. The number of aryl methyl sites for hydroxylation is 1. The van der Waals surface area contributed by atoms with Crippen LogP contribution in [0, 0.1) is 6.92 Å². The molecule has 0 aliphatic rings. The van der Waals surface area contributed by atoms with Crippen molar-refractivity contribution in [2.75, 3.05) is 17.2 Å². The largest absolute Gasteiger partial charge is 0.494 e. The average Bonchev–Trinajstić information content (AvgIpc) is 3.43. The first-order valence-corrected chi connectivity index (χ1v) is 16.0. The third-order valence-corrected chi connectivity index (χ3v) is 8.61. The van der Waals surface area contributed by atoms with Gasteiger partial charge in [-0.25, -0.2) is 4.98 Å². The number of benzene rings is 4. The van der Waals surface area contributed by atoms with Crippen LogP contribution in [-0.2, 0) is 9.59 Å². The number of fused-ring (bicyclic) bond motifs is 1. The van der Waals surface area contributed by atoms with Crippen LogP contribution in [0.4, 0.5) is 10.8 Å². The van der Waals surface area contributed by atoms with Gasteiger partial charge in [-0.15, -0.1) is 11.8 Å². The highest BCUT2D eigenvalue weighted by molar-refractivity contribution is 8.00. The van der Waals surface area contributed by atoms with Gasteiger partial charge in [0.15, 0.2) is 5.13 Å². The predicted molar refractivity (Wildman–Crippen MR) is 183 cm³/mol. The lowest BCUT2D eigenvalue weighted by atomic mass is 10.1. The van der Waals surface area contributed by atoms with Crippen LogP contribution in [0.3, 0.4) is 0 Å². The average molecular weight is 637 g/mol. The van der Waals surface area contributed by atoms with Crippen molar-refractivity contribution in [3.05, 3.63) is 119 Å². The minimum atomic E-state index is -0.493. The fraction of sp³-hybridized carbons (Fsp3) is 0.143. The molecule has 0 aliphatic carbocycles. The van der Waals surface area contributed by atoms with Crippen LogP contribution in [0.5, 0.6) is 5.75 Å². The molecule has 1 heterocycles. The summed E-state index contributed by atoms with van der Waals surface area (Å²) in [6, 6.07) is 29.1. The Morgan fingerprint density at radius 2 is 1.71 bits per heavy atom. The number of hydrogen-bond donors (Lipinski definition) is 3. The van der Waals surface area contributed by atoms with Gasteiger partial charge in [0, 0.05) is 16.1 Å². The Balaban J connectivity index is 1.28. The lowest BCUT2D eigenvalue weighted by molar-refractivity contribution is -0.115. The second kappa shape index (κ2) is 14.7. The molecular formula is C35H32N4O4S2. The van der Waals surface area contributed by atoms with Crippen molar-refractivity contribution in [1.29, 1.82) is 0 Å². The van der Waals surface area contributed by atoms with Crippen LogP contribution in [0.2, 0.25) is 0 Å². The van der Waals surface area contributed by atoms with E-state index in [9.17, 15) is 14.4 Å². The van der Waals surface area contributed by atoms with Crippen LogP contribution >= 0.6 is 23.1 Å². The highest BCUT2D eigenvalue weighted by atomic mass is 32.2. The molecule has 0 radical (unpaired) electrons. The summed E-state index contributed by atoms with van der Waals surface area (Å²) in [5, 5.41) is 8.69. The fourth-order valence-electron chi connectivity index (χ4n) is 4.33. The topological polar surface area (TPSA) is 109 Å². The Labute approximate surface area is 269 Å². The van der Waals surface area contributed by atoms with Gasteiger partial charge < -0.3 is 20.7 Å². The first-order valence-electron chi connectivity index (χ1n) is 14.3. The number of carbonyl (C=O) groups is 3. The van der Waals surface area contributed by atoms with Gasteiger partial charge in [-0.1, -0.05) is 53.8 Å². The highest BCUT2D eigenvalue weighted by Gasteiger charge is 2.18. The van der Waals surface area contributed by atoms with Crippen molar-refractivity contribution in [1.82, 2.24) is 10.3 Å². The van der Waals surface area contributed by atoms with Gasteiger partial charge in [0.25, 0.3) is 11.8 Å². The molecule has 5 rings (SSSR count). The number of carbonyl (C=O) groups excluding carboxylic acids is 3. The standard InChI is InChI=1S/C35H32N4O4S2/c1-4-43-27-16-14-24(15-17-27)20-30(37-33(41)25-9-6-5-7-10-25)34(42)36-26-11-8-12-28(21-26)44-23(3)32(40)39-35-38-29-18-13-22(2)19-31(29)45-35/h5-21,23H,4H2,1-3H3,(H,36,42)(H,37,41)(H,38,39,40)/b30-20+. The van der Waals surface area contributed by atoms with Crippen molar-refractivity contribution < 1.29 is 19.1 Å². The van der Waals surface area contributed by atoms with E-state index in [4.69, 9.17) is 4.74 Å². The van der Waals surface area contributed by atoms with E-state index < -0.39 is 17.1 Å². The molecule has 1 atom stereocenters. The number of aromatic nitrogens is 1. The van der Waals surface area contributed by atoms with Gasteiger partial charge in [-0.05, 0) is 92.6 Å². The van der Waals surface area contributed by atoms with Gasteiger partial charge in [0.05, 0.1) is 22.1 Å². The van der Waals surface area contributed by atoms with Crippen LogP contribution in [0.25, 0.3) is 16.3 Å². The number of thioether (sulfide) groups is 1. The lowest BCUT2D eigenvalue weighted by Crippen LogP contribution is -2.30. The third kappa shape index (κ3) is 8.59. The SMILES string of the molecule is CCOc1ccc(/C=C(/NC(=O)c2ccccc2)C(=O)Nc2cccc(SC(C)C(=O)Nc3nc4ccc(C)cc4s3)c2)cc1. The zero-order chi connectivity index (χ0) is 31.8. The Bertz CT molecular complexity index is 1850. The number of nitrogens with zero attached hydrogens (tertiary/aromatic N) is 1. The second-order valence-electron chi connectivity index (χ2n) is 10.1. The summed E-state index contributed by atoms with van der Waals surface area (Å²) in [7, 11) is 0. The quantitative estimate of drug-likeness (QED) is 0.102. The molecule has 4 aromatic carbocycles. The molecule has 3 amide bonds. The van der Waals surface area contributed by atoms with Gasteiger partial charge >= 0.3 is 0 Å². The number of anilines is 2. The Hall–Kier alpha value is -4.93. The van der Waals surface area contributed by atoms with E-state index in [-0.39, 0.29) is 11.6 Å². The number of amides is 3. The van der Waals surface area contributed by atoms with Crippen molar-refractivity contribution in [2.24, 2.45) is 0 Å². The normalized spacial score (nSPS) is 11.9. The van der Waals surface area contributed by atoms with Gasteiger partial charge in [-0.2, -0.15) is 0 Å². The number of ether oxygens (including phenoxy) is 1. The van der Waals surface area contributed by atoms with Crippen LogP contribution in [0.1, 0.15) is 35.3 Å². The van der Waals surface area contributed by atoms with E-state index in [1.165, 1.54) is 23.1 Å². The third-order valence-electron chi connectivity index (χ3n) is 6.58. The summed E-state index contributed by atoms with van der Waals surface area (Å²) in [5.41, 5.74) is 3.72. The van der Waals surface area contributed by atoms with Crippen LogP contribution in [-0.4, -0.2) is 34.6 Å². The van der Waals surface area contributed by atoms with E-state index in [1.54, 1.807) is 60.7 Å². The number of nitrogens with one attached hydrogen (secondary N) is 3. The monoisotopic (exact) mass is 636 g/mol. The molecule has 228 valence electrons. The van der Waals surface area contributed by atoms with E-state index in [0.717, 1.165) is 20.7 Å². The van der Waals surface area contributed by atoms with E-state index in [2.05, 4.69) is 20.9 Å². The van der Waals surface area contributed by atoms with Gasteiger partial charge in [0.2, 0.25) is 5.91 Å². The van der Waals surface area contributed by atoms with Gasteiger partial charge in [-0.3, -0.25) is 14.4 Å². The highest BCUT2D eigenvalue weighted by Crippen LogP contribution is 2.30. The first-order chi connectivity index (χ1) is 21.8. The molecule has 8 nitrogen and oxygen atoms in total. The minimum Gasteiger partial charge on any atom is -0.494 e. The summed E-state index contributed by atoms with van der Waals surface area (Å²) < 4.78 is 6.53. The Kier molecular flexibility index (Phi) is 10.3. The maximum atomic E-state index is 13.5. The Morgan fingerprint density at radius 3 is 2.47 bits per heavy atom. The predicted octanol–water partition coefficient (Wildman–Crippen LogP) is 7.53. The summed E-state index contributed by atoms with van der Waals surface area (Å²) in [4.78, 5) is 44.8. The molecule has 0 bridgehead atoms. The maximum Gasteiger partial charge on any atom is 0.272 e. The molecule has 1 unspecified atom stereocenters. The van der Waals surface area contributed by atoms with Crippen LogP contribution < -0.4 is 20.7 Å². The molecule has 0 fully saturated rings. The first kappa shape index (κ1) is 31.5. The molecule has 10 heteroatoms. The zero-order valence-electron chi connectivity index (χ0n) is 25.0. The molecule has 0 aliphatic heterocycles. The molecule has 0 saturated carbocycles. The maximum absolute atomic E-state index is 13.5. The lowest BCUT2D eigenvalue weighted by Gasteiger charge is -2.14.